The fourth-order valence-electron chi connectivity index (χ4n) is 2.43. The molecule has 5 heteroatoms. The minimum Gasteiger partial charge on any atom is -0.390 e. The van der Waals surface area contributed by atoms with Crippen LogP contribution in [0.15, 0.2) is 12.1 Å². The number of aliphatic hydroxyl groups excluding tert-OH is 1. The van der Waals surface area contributed by atoms with Gasteiger partial charge in [0.25, 0.3) is 0 Å². The predicted octanol–water partition coefficient (Wildman–Crippen LogP) is 2.23. The van der Waals surface area contributed by atoms with E-state index >= 15 is 0 Å². The molecule has 0 aromatic carbocycles. The minimum absolute atomic E-state index is 0.129. The molecular weight excluding hydrogens is 252 g/mol. The maximum Gasteiger partial charge on any atom is 0.129 e. The van der Waals surface area contributed by atoms with Crippen molar-refractivity contribution < 1.29 is 9.84 Å². The first-order valence-corrected chi connectivity index (χ1v) is 6.59. The van der Waals surface area contributed by atoms with E-state index in [-0.39, 0.29) is 6.61 Å². The molecule has 1 aromatic rings. The first kappa shape index (κ1) is 13.6. The molecule has 0 aliphatic carbocycles. The Labute approximate surface area is 113 Å². The molecule has 1 aliphatic rings. The molecule has 0 bridgehead atoms. The second-order valence-corrected chi connectivity index (χ2v) is 5.09. The molecule has 2 heterocycles. The summed E-state index contributed by atoms with van der Waals surface area (Å²) in [6, 6.07) is 4.08. The van der Waals surface area contributed by atoms with Crippen LogP contribution in [0.5, 0.6) is 0 Å². The number of pyridine rings is 1. The first-order valence-electron chi connectivity index (χ1n) is 6.21. The van der Waals surface area contributed by atoms with Gasteiger partial charge in [0, 0.05) is 19.7 Å². The number of hydrogen-bond acceptors (Lipinski definition) is 4. The topological polar surface area (TPSA) is 45.6 Å². The maximum absolute atomic E-state index is 9.20. The van der Waals surface area contributed by atoms with Gasteiger partial charge in [-0.15, -0.1) is 0 Å². The van der Waals surface area contributed by atoms with Crippen LogP contribution in [0, 0.1) is 0 Å². The van der Waals surface area contributed by atoms with E-state index < -0.39 is 0 Å². The van der Waals surface area contributed by atoms with Crippen molar-refractivity contribution in [1.29, 1.82) is 0 Å². The Hall–Kier alpha value is -0.840. The highest BCUT2D eigenvalue weighted by atomic mass is 35.5. The second kappa shape index (κ2) is 5.87. The van der Waals surface area contributed by atoms with Gasteiger partial charge in [0.2, 0.25) is 0 Å². The van der Waals surface area contributed by atoms with Gasteiger partial charge < -0.3 is 14.7 Å². The van der Waals surface area contributed by atoms with Crippen molar-refractivity contribution >= 4 is 17.4 Å². The molecule has 0 amide bonds. The molecule has 1 N–H and O–H groups in total. The SMILES string of the molecule is COC1CCN(c2ccc(Cl)c(CO)n2)C(C)C1. The Kier molecular flexibility index (Phi) is 4.43. The van der Waals surface area contributed by atoms with Gasteiger partial charge in [-0.3, -0.25) is 0 Å². The molecule has 0 saturated carbocycles. The highest BCUT2D eigenvalue weighted by Crippen LogP contribution is 2.26. The number of piperidine rings is 1. The van der Waals surface area contributed by atoms with E-state index in [2.05, 4.69) is 16.8 Å². The Morgan fingerprint density at radius 1 is 1.56 bits per heavy atom. The summed E-state index contributed by atoms with van der Waals surface area (Å²) in [7, 11) is 1.76. The number of nitrogens with zero attached hydrogens (tertiary/aromatic N) is 2. The third kappa shape index (κ3) is 2.76. The zero-order valence-corrected chi connectivity index (χ0v) is 11.5. The Morgan fingerprint density at radius 3 is 2.94 bits per heavy atom. The molecule has 18 heavy (non-hydrogen) atoms. The number of ether oxygens (including phenoxy) is 1. The molecule has 0 radical (unpaired) electrons. The lowest BCUT2D eigenvalue weighted by Crippen LogP contribution is -2.43. The van der Waals surface area contributed by atoms with Crippen molar-refractivity contribution in [1.82, 2.24) is 4.98 Å². The summed E-state index contributed by atoms with van der Waals surface area (Å²) in [6.07, 6.45) is 2.33. The van der Waals surface area contributed by atoms with E-state index in [1.165, 1.54) is 0 Å². The van der Waals surface area contributed by atoms with Gasteiger partial charge in [0.15, 0.2) is 0 Å². The number of aromatic nitrogens is 1. The third-order valence-electron chi connectivity index (χ3n) is 3.51. The van der Waals surface area contributed by atoms with Crippen LogP contribution in [0.25, 0.3) is 0 Å². The summed E-state index contributed by atoms with van der Waals surface area (Å²) in [6.45, 7) is 2.95. The number of hydrogen-bond donors (Lipinski definition) is 1. The van der Waals surface area contributed by atoms with Gasteiger partial charge in [-0.2, -0.15) is 0 Å². The maximum atomic E-state index is 9.20. The quantitative estimate of drug-likeness (QED) is 0.915. The summed E-state index contributed by atoms with van der Waals surface area (Å²) < 4.78 is 5.40. The fourth-order valence-corrected chi connectivity index (χ4v) is 2.59. The highest BCUT2D eigenvalue weighted by molar-refractivity contribution is 6.31. The molecule has 2 atom stereocenters. The molecule has 2 rings (SSSR count). The van der Waals surface area contributed by atoms with Crippen LogP contribution in [-0.2, 0) is 11.3 Å². The summed E-state index contributed by atoms with van der Waals surface area (Å²) >= 11 is 5.96. The number of rotatable bonds is 3. The van der Waals surface area contributed by atoms with Crippen LogP contribution in [0.3, 0.4) is 0 Å². The highest BCUT2D eigenvalue weighted by Gasteiger charge is 2.26. The standard InChI is InChI=1S/C13H19ClN2O2/c1-9-7-10(18-2)5-6-16(9)13-4-3-11(14)12(8-17)15-13/h3-4,9-10,17H,5-8H2,1-2H3. The lowest BCUT2D eigenvalue weighted by atomic mass is 10.0. The lowest BCUT2D eigenvalue weighted by Gasteiger charge is -2.38. The average molecular weight is 271 g/mol. The number of halogens is 1. The van der Waals surface area contributed by atoms with Crippen molar-refractivity contribution in [2.75, 3.05) is 18.6 Å². The largest absolute Gasteiger partial charge is 0.390 e. The van der Waals surface area contributed by atoms with Crippen molar-refractivity contribution in [3.63, 3.8) is 0 Å². The van der Waals surface area contributed by atoms with Crippen LogP contribution >= 0.6 is 11.6 Å². The van der Waals surface area contributed by atoms with E-state index in [4.69, 9.17) is 16.3 Å². The van der Waals surface area contributed by atoms with Gasteiger partial charge in [0.05, 0.1) is 23.4 Å². The molecule has 100 valence electrons. The van der Waals surface area contributed by atoms with E-state index in [1.807, 2.05) is 6.07 Å². The summed E-state index contributed by atoms with van der Waals surface area (Å²) in [4.78, 5) is 6.66. The summed E-state index contributed by atoms with van der Waals surface area (Å²) in [5.74, 6) is 0.880. The summed E-state index contributed by atoms with van der Waals surface area (Å²) in [5.41, 5.74) is 0.537. The zero-order chi connectivity index (χ0) is 13.1. The Morgan fingerprint density at radius 2 is 2.33 bits per heavy atom. The Balaban J connectivity index is 2.16. The summed E-state index contributed by atoms with van der Waals surface area (Å²) in [5, 5.41) is 9.72. The second-order valence-electron chi connectivity index (χ2n) is 4.68. The Bertz CT molecular complexity index is 414. The number of aliphatic hydroxyl groups is 1. The monoisotopic (exact) mass is 270 g/mol. The van der Waals surface area contributed by atoms with Gasteiger partial charge >= 0.3 is 0 Å². The fraction of sp³-hybridized carbons (Fsp3) is 0.615. The lowest BCUT2D eigenvalue weighted by molar-refractivity contribution is 0.0719. The van der Waals surface area contributed by atoms with E-state index in [0.717, 1.165) is 25.2 Å². The first-order chi connectivity index (χ1) is 8.65. The molecule has 0 spiro atoms. The number of methoxy groups -OCH3 is 1. The molecular formula is C13H19ClN2O2. The van der Waals surface area contributed by atoms with Crippen molar-refractivity contribution in [2.45, 2.75) is 38.5 Å². The van der Waals surface area contributed by atoms with Gasteiger partial charge in [-0.25, -0.2) is 4.98 Å². The van der Waals surface area contributed by atoms with Crippen molar-refractivity contribution in [2.24, 2.45) is 0 Å². The number of anilines is 1. The van der Waals surface area contributed by atoms with Crippen molar-refractivity contribution in [3.8, 4) is 0 Å². The van der Waals surface area contributed by atoms with Gasteiger partial charge in [-0.05, 0) is 31.9 Å². The van der Waals surface area contributed by atoms with E-state index in [1.54, 1.807) is 13.2 Å². The van der Waals surface area contributed by atoms with Crippen LogP contribution < -0.4 is 4.90 Å². The molecule has 1 saturated heterocycles. The smallest absolute Gasteiger partial charge is 0.129 e. The van der Waals surface area contributed by atoms with Gasteiger partial charge in [0.1, 0.15) is 5.82 Å². The van der Waals surface area contributed by atoms with Gasteiger partial charge in [-0.1, -0.05) is 11.6 Å². The predicted molar refractivity (Wildman–Crippen MR) is 72.0 cm³/mol. The van der Waals surface area contributed by atoms with Crippen molar-refractivity contribution in [3.05, 3.63) is 22.8 Å². The third-order valence-corrected chi connectivity index (χ3v) is 3.85. The van der Waals surface area contributed by atoms with Crippen LogP contribution in [0.1, 0.15) is 25.5 Å². The van der Waals surface area contributed by atoms with Crippen LogP contribution in [-0.4, -0.2) is 35.9 Å². The van der Waals surface area contributed by atoms with E-state index in [0.29, 0.717) is 22.9 Å². The minimum atomic E-state index is -0.129. The van der Waals surface area contributed by atoms with E-state index in [9.17, 15) is 5.11 Å². The average Bonchev–Trinajstić information content (AvgIpc) is 2.39. The molecule has 1 fully saturated rings. The molecule has 4 nitrogen and oxygen atoms in total. The van der Waals surface area contributed by atoms with Crippen LogP contribution in [0.4, 0.5) is 5.82 Å². The molecule has 1 aromatic heterocycles. The zero-order valence-electron chi connectivity index (χ0n) is 10.8. The normalized spacial score (nSPS) is 24.3. The molecule has 1 aliphatic heterocycles. The van der Waals surface area contributed by atoms with Crippen LogP contribution in [0.2, 0.25) is 5.02 Å². The molecule has 2 unspecified atom stereocenters.